The maximum atomic E-state index is 13.4. The van der Waals surface area contributed by atoms with Crippen LogP contribution in [0.3, 0.4) is 0 Å². The van der Waals surface area contributed by atoms with Crippen molar-refractivity contribution >= 4 is 28.4 Å². The molecular formula is C26H24ClN3O5. The molecular weight excluding hydrogens is 470 g/mol. The number of rotatable bonds is 8. The fourth-order valence-electron chi connectivity index (χ4n) is 3.92. The first-order valence-corrected chi connectivity index (χ1v) is 11.2. The summed E-state index contributed by atoms with van der Waals surface area (Å²) in [6.45, 7) is -0.0227. The topological polar surface area (TPSA) is 91.6 Å². The minimum Gasteiger partial charge on any atom is -0.493 e. The third kappa shape index (κ3) is 5.07. The molecule has 3 aromatic carbocycles. The third-order valence-electron chi connectivity index (χ3n) is 5.65. The lowest BCUT2D eigenvalue weighted by atomic mass is 10.2. The first-order valence-electron chi connectivity index (χ1n) is 10.9. The predicted molar refractivity (Wildman–Crippen MR) is 134 cm³/mol. The van der Waals surface area contributed by atoms with Crippen LogP contribution >= 0.6 is 11.6 Å². The van der Waals surface area contributed by atoms with Crippen molar-refractivity contribution in [2.45, 2.75) is 19.6 Å². The van der Waals surface area contributed by atoms with Gasteiger partial charge in [-0.05, 0) is 35.9 Å². The summed E-state index contributed by atoms with van der Waals surface area (Å²) in [4.78, 5) is 39.3. The molecule has 1 N–H and O–H groups in total. The second-order valence-corrected chi connectivity index (χ2v) is 8.27. The minimum absolute atomic E-state index is 0.0578. The van der Waals surface area contributed by atoms with Gasteiger partial charge >= 0.3 is 5.69 Å². The highest BCUT2D eigenvalue weighted by Crippen LogP contribution is 2.30. The van der Waals surface area contributed by atoms with Crippen LogP contribution in [0.1, 0.15) is 11.1 Å². The minimum atomic E-state index is -0.572. The molecule has 0 aliphatic carbocycles. The Hall–Kier alpha value is -4.04. The number of aromatic nitrogens is 2. The first-order chi connectivity index (χ1) is 16.9. The number of carbonyl (C=O) groups is 1. The van der Waals surface area contributed by atoms with Crippen LogP contribution in [0.2, 0.25) is 5.02 Å². The quantitative estimate of drug-likeness (QED) is 0.407. The highest BCUT2D eigenvalue weighted by atomic mass is 35.5. The SMILES string of the molecule is COc1cccc(CNC(=O)Cn2c(=O)n(Cc3ccc(Cl)cc3)c(=O)c3ccccc32)c1OC. The fourth-order valence-corrected chi connectivity index (χ4v) is 4.05. The smallest absolute Gasteiger partial charge is 0.332 e. The summed E-state index contributed by atoms with van der Waals surface area (Å²) in [5, 5.41) is 3.73. The number of halogens is 1. The van der Waals surface area contributed by atoms with Gasteiger partial charge in [0.25, 0.3) is 5.56 Å². The Labute approximate surface area is 206 Å². The van der Waals surface area contributed by atoms with Crippen molar-refractivity contribution in [1.82, 2.24) is 14.5 Å². The lowest BCUT2D eigenvalue weighted by molar-refractivity contribution is -0.121. The Morgan fingerprint density at radius 1 is 0.914 bits per heavy atom. The van der Waals surface area contributed by atoms with Crippen molar-refractivity contribution in [2.24, 2.45) is 0 Å². The van der Waals surface area contributed by atoms with Crippen molar-refractivity contribution in [2.75, 3.05) is 14.2 Å². The highest BCUT2D eigenvalue weighted by molar-refractivity contribution is 6.30. The van der Waals surface area contributed by atoms with E-state index < -0.39 is 11.2 Å². The van der Waals surface area contributed by atoms with Crippen molar-refractivity contribution in [3.05, 3.63) is 104 Å². The molecule has 0 aliphatic heterocycles. The standard InChI is InChI=1S/C26H24ClN3O5/c1-34-22-9-5-6-18(24(22)35-2)14-28-23(31)16-29-21-8-4-3-7-20(21)25(32)30(26(29)33)15-17-10-12-19(27)13-11-17/h3-13H,14-16H2,1-2H3,(H,28,31). The molecule has 0 fully saturated rings. The van der Waals surface area contributed by atoms with Crippen LogP contribution in [-0.2, 0) is 24.4 Å². The number of benzene rings is 3. The number of nitrogens with zero attached hydrogens (tertiary/aromatic N) is 2. The van der Waals surface area contributed by atoms with Gasteiger partial charge in [0.2, 0.25) is 5.91 Å². The lowest BCUT2D eigenvalue weighted by Gasteiger charge is -2.15. The zero-order valence-electron chi connectivity index (χ0n) is 19.3. The first kappa shape index (κ1) is 24.1. The van der Waals surface area contributed by atoms with E-state index in [4.69, 9.17) is 21.1 Å². The molecule has 0 atom stereocenters. The van der Waals surface area contributed by atoms with E-state index in [2.05, 4.69) is 5.32 Å². The largest absolute Gasteiger partial charge is 0.493 e. The number of methoxy groups -OCH3 is 2. The van der Waals surface area contributed by atoms with Gasteiger partial charge in [-0.25, -0.2) is 4.79 Å². The molecule has 0 unspecified atom stereocenters. The number of para-hydroxylation sites is 2. The Balaban J connectivity index is 1.65. The normalized spacial score (nSPS) is 10.8. The van der Waals surface area contributed by atoms with Crippen LogP contribution in [0.5, 0.6) is 11.5 Å². The van der Waals surface area contributed by atoms with Gasteiger partial charge in [-0.1, -0.05) is 48.0 Å². The van der Waals surface area contributed by atoms with Gasteiger partial charge in [0.05, 0.1) is 31.7 Å². The number of hydrogen-bond acceptors (Lipinski definition) is 5. The van der Waals surface area contributed by atoms with E-state index in [1.165, 1.54) is 18.8 Å². The summed E-state index contributed by atoms with van der Waals surface area (Å²) in [6.07, 6.45) is 0. The molecule has 0 saturated heterocycles. The van der Waals surface area contributed by atoms with Gasteiger partial charge in [0, 0.05) is 17.1 Å². The van der Waals surface area contributed by atoms with Crippen LogP contribution in [0.25, 0.3) is 10.9 Å². The van der Waals surface area contributed by atoms with E-state index in [0.717, 1.165) is 15.7 Å². The molecule has 4 rings (SSSR count). The van der Waals surface area contributed by atoms with Crippen molar-refractivity contribution in [3.63, 3.8) is 0 Å². The Morgan fingerprint density at radius 3 is 2.37 bits per heavy atom. The zero-order valence-corrected chi connectivity index (χ0v) is 20.0. The van der Waals surface area contributed by atoms with Crippen molar-refractivity contribution in [1.29, 1.82) is 0 Å². The number of amides is 1. The van der Waals surface area contributed by atoms with E-state index in [0.29, 0.717) is 27.4 Å². The summed E-state index contributed by atoms with van der Waals surface area (Å²) in [5.74, 6) is 0.684. The predicted octanol–water partition coefficient (Wildman–Crippen LogP) is 3.20. The van der Waals surface area contributed by atoms with Crippen LogP contribution < -0.4 is 26.0 Å². The Kier molecular flexibility index (Phi) is 7.22. The third-order valence-corrected chi connectivity index (χ3v) is 5.90. The summed E-state index contributed by atoms with van der Waals surface area (Å²) in [7, 11) is 3.06. The van der Waals surface area contributed by atoms with Crippen molar-refractivity contribution in [3.8, 4) is 11.5 Å². The number of nitrogens with one attached hydrogen (secondary N) is 1. The molecule has 180 valence electrons. The fraction of sp³-hybridized carbons (Fsp3) is 0.192. The van der Waals surface area contributed by atoms with E-state index >= 15 is 0 Å². The van der Waals surface area contributed by atoms with Crippen LogP contribution in [0.15, 0.2) is 76.3 Å². The molecule has 0 bridgehead atoms. The maximum Gasteiger partial charge on any atom is 0.332 e. The van der Waals surface area contributed by atoms with E-state index in [1.807, 2.05) is 6.07 Å². The van der Waals surface area contributed by atoms with Gasteiger partial charge < -0.3 is 14.8 Å². The van der Waals surface area contributed by atoms with E-state index in [1.54, 1.807) is 60.7 Å². The van der Waals surface area contributed by atoms with Crippen LogP contribution in [0.4, 0.5) is 0 Å². The lowest BCUT2D eigenvalue weighted by Crippen LogP contribution is -2.42. The monoisotopic (exact) mass is 493 g/mol. The molecule has 1 aromatic heterocycles. The molecule has 1 heterocycles. The molecule has 0 radical (unpaired) electrons. The molecule has 1 amide bonds. The van der Waals surface area contributed by atoms with Gasteiger partial charge in [-0.3, -0.25) is 18.7 Å². The van der Waals surface area contributed by atoms with E-state index in [9.17, 15) is 14.4 Å². The molecule has 0 aliphatic rings. The number of carbonyl (C=O) groups excluding carboxylic acids is 1. The van der Waals surface area contributed by atoms with Crippen LogP contribution in [0, 0.1) is 0 Å². The maximum absolute atomic E-state index is 13.4. The molecule has 8 nitrogen and oxygen atoms in total. The van der Waals surface area contributed by atoms with Gasteiger partial charge in [-0.2, -0.15) is 0 Å². The Bertz CT molecular complexity index is 1490. The average molecular weight is 494 g/mol. The molecule has 35 heavy (non-hydrogen) atoms. The second-order valence-electron chi connectivity index (χ2n) is 7.83. The van der Waals surface area contributed by atoms with Gasteiger partial charge in [-0.15, -0.1) is 0 Å². The van der Waals surface area contributed by atoms with Crippen molar-refractivity contribution < 1.29 is 14.3 Å². The number of ether oxygens (including phenoxy) is 2. The number of fused-ring (bicyclic) bond motifs is 1. The second kappa shape index (κ2) is 10.5. The molecule has 0 saturated carbocycles. The zero-order chi connectivity index (χ0) is 24.9. The summed E-state index contributed by atoms with van der Waals surface area (Å²) < 4.78 is 13.1. The van der Waals surface area contributed by atoms with Crippen LogP contribution in [-0.4, -0.2) is 29.3 Å². The average Bonchev–Trinajstić information content (AvgIpc) is 2.88. The van der Waals surface area contributed by atoms with E-state index in [-0.39, 0.29) is 25.5 Å². The van der Waals surface area contributed by atoms with Gasteiger partial charge in [0.15, 0.2) is 11.5 Å². The summed E-state index contributed by atoms with van der Waals surface area (Å²) in [5.41, 5.74) is 0.871. The molecule has 0 spiro atoms. The van der Waals surface area contributed by atoms with Gasteiger partial charge in [0.1, 0.15) is 6.54 Å². The summed E-state index contributed by atoms with van der Waals surface area (Å²) >= 11 is 5.95. The molecule has 4 aromatic rings. The Morgan fingerprint density at radius 2 is 1.66 bits per heavy atom. The molecule has 9 heteroatoms. The summed E-state index contributed by atoms with van der Waals surface area (Å²) in [6, 6.07) is 19.0. The highest BCUT2D eigenvalue weighted by Gasteiger charge is 2.16. The number of hydrogen-bond donors (Lipinski definition) is 1.